The quantitative estimate of drug-likeness (QED) is 0.407. The molecule has 0 fully saturated rings. The van der Waals surface area contributed by atoms with Gasteiger partial charge in [-0.15, -0.1) is 0 Å². The molecule has 0 aromatic carbocycles. The zero-order chi connectivity index (χ0) is 13.7. The van der Waals surface area contributed by atoms with Crippen LogP contribution >= 0.6 is 0 Å². The van der Waals surface area contributed by atoms with E-state index in [-0.39, 0.29) is 12.1 Å². The molecule has 9 nitrogen and oxygen atoms in total. The average molecular weight is 264 g/mol. The Morgan fingerprint density at radius 3 is 2.79 bits per heavy atom. The molecule has 0 saturated heterocycles. The first-order chi connectivity index (χ1) is 9.19. The standard InChI is InChI=1S/C10H16N8O/c1-7(19)2-3-13-8-14-9(17-11)16-10(15-8)18-5-4-12-6-18/h4-7,19H,2-3,11H2,1H3,(H2,13,14,15,16,17). The Morgan fingerprint density at radius 1 is 1.37 bits per heavy atom. The Hall–Kier alpha value is -2.26. The van der Waals surface area contributed by atoms with Gasteiger partial charge in [0.25, 0.3) is 0 Å². The van der Waals surface area contributed by atoms with Crippen LogP contribution in [-0.2, 0) is 0 Å². The number of hydrogen-bond donors (Lipinski definition) is 4. The zero-order valence-corrected chi connectivity index (χ0v) is 10.5. The molecule has 0 aliphatic carbocycles. The first kappa shape index (κ1) is 13.2. The van der Waals surface area contributed by atoms with Crippen LogP contribution in [0.4, 0.5) is 11.9 Å². The highest BCUT2D eigenvalue weighted by molar-refractivity contribution is 5.37. The van der Waals surface area contributed by atoms with Crippen molar-refractivity contribution >= 4 is 11.9 Å². The van der Waals surface area contributed by atoms with Crippen LogP contribution in [0, 0.1) is 0 Å². The molecule has 0 aliphatic heterocycles. The number of rotatable bonds is 6. The predicted molar refractivity (Wildman–Crippen MR) is 69.5 cm³/mol. The first-order valence-electron chi connectivity index (χ1n) is 5.82. The molecule has 2 heterocycles. The Morgan fingerprint density at radius 2 is 2.16 bits per heavy atom. The van der Waals surface area contributed by atoms with Gasteiger partial charge in [0.15, 0.2) is 0 Å². The van der Waals surface area contributed by atoms with E-state index in [4.69, 9.17) is 5.84 Å². The maximum absolute atomic E-state index is 9.20. The number of aliphatic hydroxyl groups excluding tert-OH is 1. The number of aliphatic hydroxyl groups is 1. The maximum atomic E-state index is 9.20. The molecule has 0 amide bonds. The van der Waals surface area contributed by atoms with Crippen LogP contribution in [0.15, 0.2) is 18.7 Å². The second kappa shape index (κ2) is 6.07. The minimum atomic E-state index is -0.380. The second-order valence-electron chi connectivity index (χ2n) is 3.96. The van der Waals surface area contributed by atoms with Crippen LogP contribution in [0.3, 0.4) is 0 Å². The van der Waals surface area contributed by atoms with Crippen molar-refractivity contribution < 1.29 is 5.11 Å². The van der Waals surface area contributed by atoms with E-state index in [2.05, 4.69) is 30.7 Å². The highest BCUT2D eigenvalue weighted by atomic mass is 16.3. The van der Waals surface area contributed by atoms with Crippen molar-refractivity contribution in [3.8, 4) is 5.95 Å². The lowest BCUT2D eigenvalue weighted by molar-refractivity contribution is 0.188. The van der Waals surface area contributed by atoms with Gasteiger partial charge in [0.1, 0.15) is 6.33 Å². The molecular formula is C10H16N8O. The van der Waals surface area contributed by atoms with Gasteiger partial charge in [-0.05, 0) is 13.3 Å². The van der Waals surface area contributed by atoms with E-state index < -0.39 is 0 Å². The van der Waals surface area contributed by atoms with E-state index in [1.54, 1.807) is 30.2 Å². The number of nitrogens with two attached hydrogens (primary N) is 1. The van der Waals surface area contributed by atoms with Gasteiger partial charge in [0.05, 0.1) is 6.10 Å². The van der Waals surface area contributed by atoms with Crippen molar-refractivity contribution in [3.63, 3.8) is 0 Å². The van der Waals surface area contributed by atoms with Gasteiger partial charge in [-0.3, -0.25) is 9.99 Å². The summed E-state index contributed by atoms with van der Waals surface area (Å²) in [4.78, 5) is 16.3. The maximum Gasteiger partial charge on any atom is 0.243 e. The minimum absolute atomic E-state index is 0.248. The van der Waals surface area contributed by atoms with Crippen LogP contribution < -0.4 is 16.6 Å². The van der Waals surface area contributed by atoms with Gasteiger partial charge in [-0.25, -0.2) is 10.8 Å². The van der Waals surface area contributed by atoms with Gasteiger partial charge in [-0.2, -0.15) is 15.0 Å². The summed E-state index contributed by atoms with van der Waals surface area (Å²) in [7, 11) is 0. The van der Waals surface area contributed by atoms with Gasteiger partial charge < -0.3 is 10.4 Å². The van der Waals surface area contributed by atoms with Crippen molar-refractivity contribution in [2.75, 3.05) is 17.3 Å². The molecular weight excluding hydrogens is 248 g/mol. The monoisotopic (exact) mass is 264 g/mol. The number of hydrazine groups is 1. The molecule has 0 spiro atoms. The fourth-order valence-corrected chi connectivity index (χ4v) is 1.39. The van der Waals surface area contributed by atoms with Crippen LogP contribution in [0.2, 0.25) is 0 Å². The molecule has 19 heavy (non-hydrogen) atoms. The fraction of sp³-hybridized carbons (Fsp3) is 0.400. The van der Waals surface area contributed by atoms with Crippen molar-refractivity contribution in [2.24, 2.45) is 5.84 Å². The molecule has 0 saturated carbocycles. The highest BCUT2D eigenvalue weighted by Crippen LogP contribution is 2.08. The molecule has 0 bridgehead atoms. The number of imidazole rings is 1. The molecule has 2 aromatic rings. The van der Waals surface area contributed by atoms with E-state index in [0.717, 1.165) is 0 Å². The largest absolute Gasteiger partial charge is 0.393 e. The summed E-state index contributed by atoms with van der Waals surface area (Å²) in [5, 5.41) is 12.2. The number of aromatic nitrogens is 5. The average Bonchev–Trinajstić information content (AvgIpc) is 2.92. The van der Waals surface area contributed by atoms with Gasteiger partial charge >= 0.3 is 0 Å². The van der Waals surface area contributed by atoms with Crippen molar-refractivity contribution in [2.45, 2.75) is 19.4 Å². The molecule has 5 N–H and O–H groups in total. The summed E-state index contributed by atoms with van der Waals surface area (Å²) in [6, 6.07) is 0. The van der Waals surface area contributed by atoms with Crippen molar-refractivity contribution in [1.82, 2.24) is 24.5 Å². The summed E-state index contributed by atoms with van der Waals surface area (Å²) < 4.78 is 1.64. The number of anilines is 2. The van der Waals surface area contributed by atoms with Crippen LogP contribution in [-0.4, -0.2) is 42.3 Å². The SMILES string of the molecule is CC(O)CCNc1nc(NN)nc(-n2ccnc2)n1. The van der Waals surface area contributed by atoms with E-state index in [0.29, 0.717) is 24.9 Å². The van der Waals surface area contributed by atoms with Crippen LogP contribution in [0.1, 0.15) is 13.3 Å². The normalized spacial score (nSPS) is 12.2. The second-order valence-corrected chi connectivity index (χ2v) is 3.96. The summed E-state index contributed by atoms with van der Waals surface area (Å²) in [5.74, 6) is 6.36. The number of nitrogens with one attached hydrogen (secondary N) is 2. The molecule has 0 radical (unpaired) electrons. The zero-order valence-electron chi connectivity index (χ0n) is 10.5. The highest BCUT2D eigenvalue weighted by Gasteiger charge is 2.07. The summed E-state index contributed by atoms with van der Waals surface area (Å²) >= 11 is 0. The molecule has 102 valence electrons. The minimum Gasteiger partial charge on any atom is -0.393 e. The molecule has 1 unspecified atom stereocenters. The van der Waals surface area contributed by atoms with Gasteiger partial charge in [0.2, 0.25) is 17.8 Å². The third-order valence-corrected chi connectivity index (χ3v) is 2.33. The smallest absolute Gasteiger partial charge is 0.243 e. The molecule has 2 rings (SSSR count). The molecule has 1 atom stereocenters. The lowest BCUT2D eigenvalue weighted by atomic mass is 10.3. The molecule has 2 aromatic heterocycles. The molecule has 9 heteroatoms. The molecule has 0 aliphatic rings. The van der Waals surface area contributed by atoms with Crippen molar-refractivity contribution in [1.29, 1.82) is 0 Å². The summed E-state index contributed by atoms with van der Waals surface area (Å²) in [6.45, 7) is 2.27. The van der Waals surface area contributed by atoms with Gasteiger partial charge in [0, 0.05) is 18.9 Å². The first-order valence-corrected chi connectivity index (χ1v) is 5.82. The van der Waals surface area contributed by atoms with E-state index in [1.165, 1.54) is 0 Å². The number of hydrogen-bond acceptors (Lipinski definition) is 8. The lowest BCUT2D eigenvalue weighted by Gasteiger charge is -2.09. The Labute approximate surface area is 109 Å². The predicted octanol–water partition coefficient (Wildman–Crippen LogP) is -0.474. The third-order valence-electron chi connectivity index (χ3n) is 2.33. The Bertz CT molecular complexity index is 512. The third kappa shape index (κ3) is 3.60. The Kier molecular flexibility index (Phi) is 4.21. The summed E-state index contributed by atoms with van der Waals surface area (Å²) in [5.41, 5.74) is 2.38. The topological polar surface area (TPSA) is 127 Å². The van der Waals surface area contributed by atoms with E-state index >= 15 is 0 Å². The van der Waals surface area contributed by atoms with Crippen molar-refractivity contribution in [3.05, 3.63) is 18.7 Å². The van der Waals surface area contributed by atoms with E-state index in [1.807, 2.05) is 0 Å². The lowest BCUT2D eigenvalue weighted by Crippen LogP contribution is -2.17. The van der Waals surface area contributed by atoms with Crippen LogP contribution in [0.5, 0.6) is 0 Å². The number of nitrogens with zero attached hydrogens (tertiary/aromatic N) is 5. The summed E-state index contributed by atoms with van der Waals surface area (Å²) in [6.07, 6.45) is 5.14. The number of nitrogen functional groups attached to an aromatic ring is 1. The Balaban J connectivity index is 2.16. The van der Waals surface area contributed by atoms with Gasteiger partial charge in [-0.1, -0.05) is 0 Å². The van der Waals surface area contributed by atoms with Crippen LogP contribution in [0.25, 0.3) is 5.95 Å². The fourth-order valence-electron chi connectivity index (χ4n) is 1.39. The van der Waals surface area contributed by atoms with E-state index in [9.17, 15) is 5.11 Å².